The van der Waals surface area contributed by atoms with Crippen LogP contribution in [0, 0.1) is 6.92 Å². The predicted octanol–water partition coefficient (Wildman–Crippen LogP) is 6.28. The summed E-state index contributed by atoms with van der Waals surface area (Å²) >= 11 is 0. The summed E-state index contributed by atoms with van der Waals surface area (Å²) in [6.45, 7) is 10.6. The second kappa shape index (κ2) is 9.92. The molecule has 3 rings (SSSR count). The summed E-state index contributed by atoms with van der Waals surface area (Å²) in [4.78, 5) is 4.84. The SMILES string of the molecule is C=C(/C=C(\CCCC)c1ccccc1)NC1=NC(c2ccc(C)cc2)NC(C)=C1. The molecule has 1 aliphatic rings. The van der Waals surface area contributed by atoms with Crippen molar-refractivity contribution in [2.75, 3.05) is 0 Å². The predicted molar refractivity (Wildman–Crippen MR) is 124 cm³/mol. The molecular formula is C26H31N3. The Labute approximate surface area is 175 Å². The fourth-order valence-electron chi connectivity index (χ4n) is 3.38. The fraction of sp³-hybridized carbons (Fsp3) is 0.269. The van der Waals surface area contributed by atoms with E-state index in [-0.39, 0.29) is 6.17 Å². The lowest BCUT2D eigenvalue weighted by atomic mass is 9.99. The van der Waals surface area contributed by atoms with E-state index in [1.807, 2.05) is 6.08 Å². The van der Waals surface area contributed by atoms with Gasteiger partial charge in [-0.3, -0.25) is 0 Å². The topological polar surface area (TPSA) is 36.4 Å². The molecule has 3 nitrogen and oxygen atoms in total. The van der Waals surface area contributed by atoms with Crippen LogP contribution in [0.2, 0.25) is 0 Å². The van der Waals surface area contributed by atoms with Crippen LogP contribution in [0.5, 0.6) is 0 Å². The zero-order valence-electron chi connectivity index (χ0n) is 17.7. The van der Waals surface area contributed by atoms with Crippen molar-refractivity contribution in [3.8, 4) is 0 Å². The van der Waals surface area contributed by atoms with E-state index >= 15 is 0 Å². The van der Waals surface area contributed by atoms with Gasteiger partial charge in [0.05, 0.1) is 0 Å². The molecule has 150 valence electrons. The standard InChI is InChI=1S/C26H31N3/c1-5-6-10-24(22-11-8-7-9-12-22)17-20(3)27-25-18-21(4)28-26(29-25)23-15-13-19(2)14-16-23/h7-9,11-18,26,28H,3,5-6,10H2,1-2,4H3,(H,27,29)/b24-17+. The largest absolute Gasteiger partial charge is 0.363 e. The van der Waals surface area contributed by atoms with Crippen LogP contribution in [0.15, 0.2) is 89.7 Å². The number of nitrogens with zero attached hydrogens (tertiary/aromatic N) is 1. The molecule has 2 N–H and O–H groups in total. The van der Waals surface area contributed by atoms with Gasteiger partial charge in [-0.05, 0) is 55.5 Å². The minimum absolute atomic E-state index is 0.0893. The van der Waals surface area contributed by atoms with Crippen LogP contribution in [-0.2, 0) is 0 Å². The summed E-state index contributed by atoms with van der Waals surface area (Å²) in [5.74, 6) is 0.830. The third kappa shape index (κ3) is 5.95. The first-order chi connectivity index (χ1) is 14.0. The van der Waals surface area contributed by atoms with E-state index < -0.39 is 0 Å². The van der Waals surface area contributed by atoms with Crippen LogP contribution in [0.3, 0.4) is 0 Å². The second-order valence-electron chi connectivity index (χ2n) is 7.59. The Hall–Kier alpha value is -3.07. The average Bonchev–Trinajstić information content (AvgIpc) is 2.72. The third-order valence-electron chi connectivity index (χ3n) is 4.96. The molecule has 0 spiro atoms. The van der Waals surface area contributed by atoms with Gasteiger partial charge in [0.1, 0.15) is 12.0 Å². The van der Waals surface area contributed by atoms with E-state index in [9.17, 15) is 0 Å². The van der Waals surface area contributed by atoms with Crippen LogP contribution >= 0.6 is 0 Å². The number of rotatable bonds is 7. The van der Waals surface area contributed by atoms with Crippen LogP contribution in [0.4, 0.5) is 0 Å². The van der Waals surface area contributed by atoms with E-state index in [0.29, 0.717) is 0 Å². The highest BCUT2D eigenvalue weighted by Gasteiger charge is 2.15. The van der Waals surface area contributed by atoms with Crippen LogP contribution in [0.25, 0.3) is 5.57 Å². The van der Waals surface area contributed by atoms with Crippen molar-refractivity contribution in [2.45, 2.75) is 46.2 Å². The molecule has 0 aromatic heterocycles. The van der Waals surface area contributed by atoms with Gasteiger partial charge in [0.2, 0.25) is 0 Å². The molecule has 1 atom stereocenters. The molecule has 29 heavy (non-hydrogen) atoms. The molecule has 0 aliphatic carbocycles. The summed E-state index contributed by atoms with van der Waals surface area (Å²) in [5.41, 5.74) is 6.89. The van der Waals surface area contributed by atoms with Gasteiger partial charge >= 0.3 is 0 Å². The molecule has 1 aliphatic heterocycles. The van der Waals surface area contributed by atoms with Gasteiger partial charge in [0, 0.05) is 11.4 Å². The second-order valence-corrected chi connectivity index (χ2v) is 7.59. The van der Waals surface area contributed by atoms with E-state index in [1.165, 1.54) is 23.1 Å². The Morgan fingerprint density at radius 1 is 1.10 bits per heavy atom. The molecule has 1 heterocycles. The fourth-order valence-corrected chi connectivity index (χ4v) is 3.38. The molecule has 0 bridgehead atoms. The van der Waals surface area contributed by atoms with Gasteiger partial charge in [-0.2, -0.15) is 0 Å². The highest BCUT2D eigenvalue weighted by Crippen LogP contribution is 2.23. The molecule has 1 unspecified atom stereocenters. The Morgan fingerprint density at radius 3 is 2.52 bits per heavy atom. The van der Waals surface area contributed by atoms with Crippen LogP contribution in [0.1, 0.15) is 56.0 Å². The van der Waals surface area contributed by atoms with Crippen LogP contribution < -0.4 is 10.6 Å². The number of hydrogen-bond acceptors (Lipinski definition) is 3. The molecule has 3 heteroatoms. The number of aryl methyl sites for hydroxylation is 1. The van der Waals surface area contributed by atoms with Crippen molar-refractivity contribution in [3.05, 3.63) is 101 Å². The van der Waals surface area contributed by atoms with Crippen molar-refractivity contribution in [2.24, 2.45) is 4.99 Å². The summed E-state index contributed by atoms with van der Waals surface area (Å²) in [6.07, 6.45) is 7.46. The summed E-state index contributed by atoms with van der Waals surface area (Å²) < 4.78 is 0. The van der Waals surface area contributed by atoms with Gasteiger partial charge in [-0.15, -0.1) is 0 Å². The van der Waals surface area contributed by atoms with Gasteiger partial charge < -0.3 is 10.6 Å². The van der Waals surface area contributed by atoms with Gasteiger partial charge in [-0.1, -0.05) is 80.1 Å². The normalized spacial score (nSPS) is 16.5. The van der Waals surface area contributed by atoms with Crippen molar-refractivity contribution >= 4 is 11.4 Å². The van der Waals surface area contributed by atoms with E-state index in [4.69, 9.17) is 4.99 Å². The highest BCUT2D eigenvalue weighted by atomic mass is 15.1. The van der Waals surface area contributed by atoms with Crippen LogP contribution in [-0.4, -0.2) is 5.84 Å². The van der Waals surface area contributed by atoms with Crippen molar-refractivity contribution in [1.82, 2.24) is 10.6 Å². The maximum absolute atomic E-state index is 4.84. The monoisotopic (exact) mass is 385 g/mol. The third-order valence-corrected chi connectivity index (χ3v) is 4.96. The van der Waals surface area contributed by atoms with E-state index in [2.05, 4.69) is 98.7 Å². The highest BCUT2D eigenvalue weighted by molar-refractivity contribution is 5.95. The minimum Gasteiger partial charge on any atom is -0.363 e. The number of hydrogen-bond donors (Lipinski definition) is 2. The zero-order valence-corrected chi connectivity index (χ0v) is 17.7. The Kier molecular flexibility index (Phi) is 7.07. The van der Waals surface area contributed by atoms with Crippen molar-refractivity contribution in [3.63, 3.8) is 0 Å². The number of benzene rings is 2. The number of amidine groups is 1. The van der Waals surface area contributed by atoms with Gasteiger partial charge in [0.25, 0.3) is 0 Å². The molecule has 0 amide bonds. The zero-order chi connectivity index (χ0) is 20.6. The number of nitrogens with one attached hydrogen (secondary N) is 2. The van der Waals surface area contributed by atoms with E-state index in [0.717, 1.165) is 35.6 Å². The maximum atomic E-state index is 4.84. The number of aliphatic imine (C=N–C) groups is 1. The molecule has 0 saturated carbocycles. The summed E-state index contributed by atoms with van der Waals surface area (Å²) in [5, 5.41) is 6.84. The van der Waals surface area contributed by atoms with Crippen molar-refractivity contribution < 1.29 is 0 Å². The lowest BCUT2D eigenvalue weighted by Crippen LogP contribution is -2.30. The number of unbranched alkanes of at least 4 members (excludes halogenated alkanes) is 1. The first-order valence-electron chi connectivity index (χ1n) is 10.4. The maximum Gasteiger partial charge on any atom is 0.146 e. The Morgan fingerprint density at radius 2 is 1.83 bits per heavy atom. The molecule has 0 saturated heterocycles. The lowest BCUT2D eigenvalue weighted by molar-refractivity contribution is 0.615. The van der Waals surface area contributed by atoms with E-state index in [1.54, 1.807) is 0 Å². The molecule has 0 fully saturated rings. The smallest absolute Gasteiger partial charge is 0.146 e. The Balaban J connectivity index is 1.78. The molecule has 0 radical (unpaired) electrons. The van der Waals surface area contributed by atoms with Crippen molar-refractivity contribution in [1.29, 1.82) is 0 Å². The molecular weight excluding hydrogens is 354 g/mol. The quantitative estimate of drug-likeness (QED) is 0.551. The van der Waals surface area contributed by atoms with Gasteiger partial charge in [0.15, 0.2) is 0 Å². The summed E-state index contributed by atoms with van der Waals surface area (Å²) in [6, 6.07) is 19.0. The molecule has 2 aromatic rings. The lowest BCUT2D eigenvalue weighted by Gasteiger charge is -2.23. The Bertz CT molecular complexity index is 918. The average molecular weight is 386 g/mol. The first kappa shape index (κ1) is 20.7. The molecule has 2 aromatic carbocycles. The summed E-state index contributed by atoms with van der Waals surface area (Å²) in [7, 11) is 0. The minimum atomic E-state index is -0.0893. The van der Waals surface area contributed by atoms with Gasteiger partial charge in [-0.25, -0.2) is 4.99 Å². The number of allylic oxidation sites excluding steroid dienone is 3. The first-order valence-corrected chi connectivity index (χ1v) is 10.4.